The first-order valence-corrected chi connectivity index (χ1v) is 9.49. The van der Waals surface area contributed by atoms with Crippen molar-refractivity contribution in [2.75, 3.05) is 13.1 Å². The van der Waals surface area contributed by atoms with Crippen LogP contribution in [0.15, 0.2) is 48.7 Å². The predicted molar refractivity (Wildman–Crippen MR) is 101 cm³/mol. The summed E-state index contributed by atoms with van der Waals surface area (Å²) >= 11 is 0. The number of amides is 2. The van der Waals surface area contributed by atoms with E-state index in [4.69, 9.17) is 0 Å². The summed E-state index contributed by atoms with van der Waals surface area (Å²) in [6, 6.07) is 11.7. The molecule has 29 heavy (non-hydrogen) atoms. The number of benzene rings is 1. The van der Waals surface area contributed by atoms with E-state index in [1.54, 1.807) is 4.90 Å². The third-order valence-electron chi connectivity index (χ3n) is 4.93. The SMILES string of the molecule is O=C(CCc1ccccc1)NC1CCN(C(=O)c2ccc(C(F)(F)F)nc2)CC1. The van der Waals surface area contributed by atoms with Gasteiger partial charge in [0.2, 0.25) is 5.91 Å². The van der Waals surface area contributed by atoms with Gasteiger partial charge in [-0.2, -0.15) is 13.2 Å². The third-order valence-corrected chi connectivity index (χ3v) is 4.93. The van der Waals surface area contributed by atoms with E-state index in [1.807, 2.05) is 30.3 Å². The van der Waals surface area contributed by atoms with Gasteiger partial charge >= 0.3 is 6.18 Å². The highest BCUT2D eigenvalue weighted by Gasteiger charge is 2.32. The summed E-state index contributed by atoms with van der Waals surface area (Å²) in [5, 5.41) is 3.00. The Labute approximate surface area is 166 Å². The van der Waals surface area contributed by atoms with Crippen molar-refractivity contribution in [3.8, 4) is 0 Å². The van der Waals surface area contributed by atoms with Crippen molar-refractivity contribution in [3.05, 3.63) is 65.5 Å². The smallest absolute Gasteiger partial charge is 0.353 e. The molecule has 1 aromatic carbocycles. The zero-order valence-electron chi connectivity index (χ0n) is 15.8. The molecule has 1 aliphatic heterocycles. The van der Waals surface area contributed by atoms with Gasteiger partial charge in [-0.1, -0.05) is 30.3 Å². The van der Waals surface area contributed by atoms with Gasteiger partial charge < -0.3 is 10.2 Å². The Morgan fingerprint density at radius 1 is 1.07 bits per heavy atom. The maximum atomic E-state index is 12.6. The number of pyridine rings is 1. The standard InChI is InChI=1S/C21H22F3N3O2/c22-21(23,24)18-8-7-16(14-25-18)20(29)27-12-10-17(11-13-27)26-19(28)9-6-15-4-2-1-3-5-15/h1-5,7-8,14,17H,6,9-13H2,(H,26,28). The van der Waals surface area contributed by atoms with E-state index in [1.165, 1.54) is 0 Å². The summed E-state index contributed by atoms with van der Waals surface area (Å²) in [5.74, 6) is -0.370. The summed E-state index contributed by atoms with van der Waals surface area (Å²) in [6.45, 7) is 0.868. The van der Waals surface area contributed by atoms with Crippen LogP contribution < -0.4 is 5.32 Å². The van der Waals surface area contributed by atoms with Crippen LogP contribution >= 0.6 is 0 Å². The van der Waals surface area contributed by atoms with Gasteiger partial charge in [0.1, 0.15) is 5.69 Å². The number of aromatic nitrogens is 1. The molecule has 0 atom stereocenters. The Morgan fingerprint density at radius 3 is 2.34 bits per heavy atom. The lowest BCUT2D eigenvalue weighted by Crippen LogP contribution is -2.46. The van der Waals surface area contributed by atoms with Gasteiger partial charge in [-0.3, -0.25) is 14.6 Å². The molecule has 8 heteroatoms. The maximum absolute atomic E-state index is 12.6. The summed E-state index contributed by atoms with van der Waals surface area (Å²) in [7, 11) is 0. The first-order chi connectivity index (χ1) is 13.8. The fraction of sp³-hybridized carbons (Fsp3) is 0.381. The lowest BCUT2D eigenvalue weighted by atomic mass is 10.0. The number of nitrogens with zero attached hydrogens (tertiary/aromatic N) is 2. The van der Waals surface area contributed by atoms with E-state index in [0.717, 1.165) is 23.9 Å². The molecular formula is C21H22F3N3O2. The van der Waals surface area contributed by atoms with Crippen LogP contribution in [0.4, 0.5) is 13.2 Å². The van der Waals surface area contributed by atoms with E-state index in [9.17, 15) is 22.8 Å². The van der Waals surface area contributed by atoms with Crippen molar-refractivity contribution in [2.24, 2.45) is 0 Å². The van der Waals surface area contributed by atoms with Gasteiger partial charge in [0.15, 0.2) is 0 Å². The molecule has 154 valence electrons. The van der Waals surface area contributed by atoms with Crippen LogP contribution in [0, 0.1) is 0 Å². The zero-order valence-corrected chi connectivity index (χ0v) is 15.8. The van der Waals surface area contributed by atoms with Gasteiger partial charge in [0, 0.05) is 31.7 Å². The lowest BCUT2D eigenvalue weighted by molar-refractivity contribution is -0.141. The van der Waals surface area contributed by atoms with Gasteiger partial charge in [0.05, 0.1) is 5.56 Å². The van der Waals surface area contributed by atoms with Crippen LogP contribution in [0.1, 0.15) is 40.9 Å². The average Bonchev–Trinajstić information content (AvgIpc) is 2.72. The van der Waals surface area contributed by atoms with E-state index in [2.05, 4.69) is 10.3 Å². The van der Waals surface area contributed by atoms with Crippen molar-refractivity contribution in [2.45, 2.75) is 37.9 Å². The Hall–Kier alpha value is -2.90. The fourth-order valence-electron chi connectivity index (χ4n) is 3.30. The Kier molecular flexibility index (Phi) is 6.51. The summed E-state index contributed by atoms with van der Waals surface area (Å²) in [4.78, 5) is 29.5. The second-order valence-corrected chi connectivity index (χ2v) is 7.05. The lowest BCUT2D eigenvalue weighted by Gasteiger charge is -2.32. The number of carbonyl (C=O) groups is 2. The van der Waals surface area contributed by atoms with Crippen LogP contribution in [0.3, 0.4) is 0 Å². The molecule has 2 heterocycles. The monoisotopic (exact) mass is 405 g/mol. The third kappa shape index (κ3) is 5.79. The minimum Gasteiger partial charge on any atom is -0.353 e. The summed E-state index contributed by atoms with van der Waals surface area (Å²) in [6.07, 6.45) is -1.28. The molecule has 0 saturated carbocycles. The summed E-state index contributed by atoms with van der Waals surface area (Å²) in [5.41, 5.74) is 0.211. The maximum Gasteiger partial charge on any atom is 0.433 e. The van der Waals surface area contributed by atoms with E-state index < -0.39 is 11.9 Å². The van der Waals surface area contributed by atoms with Crippen LogP contribution in [0.25, 0.3) is 0 Å². The van der Waals surface area contributed by atoms with Crippen LogP contribution in [0.5, 0.6) is 0 Å². The Morgan fingerprint density at radius 2 is 1.76 bits per heavy atom. The van der Waals surface area contributed by atoms with Gasteiger partial charge in [-0.25, -0.2) is 0 Å². The predicted octanol–water partition coefficient (Wildman–Crippen LogP) is 3.45. The van der Waals surface area contributed by atoms with Crippen LogP contribution in [-0.2, 0) is 17.4 Å². The molecule has 0 spiro atoms. The Balaban J connectivity index is 1.45. The van der Waals surface area contributed by atoms with Crippen LogP contribution in [-0.4, -0.2) is 40.8 Å². The van der Waals surface area contributed by atoms with Crippen molar-refractivity contribution in [3.63, 3.8) is 0 Å². The average molecular weight is 405 g/mol. The number of nitrogens with one attached hydrogen (secondary N) is 1. The molecule has 0 bridgehead atoms. The molecule has 1 aliphatic rings. The Bertz CT molecular complexity index is 830. The molecule has 1 saturated heterocycles. The number of hydrogen-bond donors (Lipinski definition) is 1. The quantitative estimate of drug-likeness (QED) is 0.829. The van der Waals surface area contributed by atoms with Gasteiger partial charge in [-0.05, 0) is 37.0 Å². The van der Waals surface area contributed by atoms with E-state index in [-0.39, 0.29) is 23.4 Å². The molecular weight excluding hydrogens is 383 g/mol. The molecule has 1 fully saturated rings. The molecule has 0 unspecified atom stereocenters. The first kappa shape index (κ1) is 20.8. The number of halogens is 3. The second-order valence-electron chi connectivity index (χ2n) is 7.05. The molecule has 3 rings (SSSR count). The van der Waals surface area contributed by atoms with Crippen molar-refractivity contribution >= 4 is 11.8 Å². The highest BCUT2D eigenvalue weighted by Crippen LogP contribution is 2.27. The number of alkyl halides is 3. The number of likely N-dealkylation sites (tertiary alicyclic amines) is 1. The summed E-state index contributed by atoms with van der Waals surface area (Å²) < 4.78 is 37.7. The zero-order chi connectivity index (χ0) is 20.9. The molecule has 2 aromatic rings. The van der Waals surface area contributed by atoms with Gasteiger partial charge in [0.25, 0.3) is 5.91 Å². The van der Waals surface area contributed by atoms with Crippen molar-refractivity contribution < 1.29 is 22.8 Å². The first-order valence-electron chi connectivity index (χ1n) is 9.49. The largest absolute Gasteiger partial charge is 0.433 e. The highest BCUT2D eigenvalue weighted by molar-refractivity contribution is 5.94. The number of rotatable bonds is 5. The van der Waals surface area contributed by atoms with E-state index in [0.29, 0.717) is 38.8 Å². The van der Waals surface area contributed by atoms with Crippen molar-refractivity contribution in [1.29, 1.82) is 0 Å². The highest BCUT2D eigenvalue weighted by atomic mass is 19.4. The number of piperidine rings is 1. The van der Waals surface area contributed by atoms with Gasteiger partial charge in [-0.15, -0.1) is 0 Å². The molecule has 5 nitrogen and oxygen atoms in total. The minimum absolute atomic E-state index is 0.00643. The second kappa shape index (κ2) is 9.07. The molecule has 0 aliphatic carbocycles. The molecule has 2 amide bonds. The normalized spacial score (nSPS) is 15.2. The van der Waals surface area contributed by atoms with Crippen molar-refractivity contribution in [1.82, 2.24) is 15.2 Å². The van der Waals surface area contributed by atoms with E-state index >= 15 is 0 Å². The fourth-order valence-corrected chi connectivity index (χ4v) is 3.30. The number of aryl methyl sites for hydroxylation is 1. The minimum atomic E-state index is -4.53. The molecule has 1 N–H and O–H groups in total. The van der Waals surface area contributed by atoms with Crippen LogP contribution in [0.2, 0.25) is 0 Å². The number of hydrogen-bond acceptors (Lipinski definition) is 3. The molecule has 0 radical (unpaired) electrons. The number of carbonyl (C=O) groups excluding carboxylic acids is 2. The topological polar surface area (TPSA) is 62.3 Å². The molecule has 1 aromatic heterocycles.